The number of aryl methyl sites for hydroxylation is 1. The number of carboxylic acids is 1. The van der Waals surface area contributed by atoms with Crippen molar-refractivity contribution in [2.75, 3.05) is 0 Å². The van der Waals surface area contributed by atoms with Gasteiger partial charge in [0.2, 0.25) is 0 Å². The number of carboxylic acid groups (broad SMARTS) is 1. The van der Waals surface area contributed by atoms with Gasteiger partial charge < -0.3 is 5.11 Å². The molecule has 4 heteroatoms. The van der Waals surface area contributed by atoms with E-state index >= 15 is 0 Å². The van der Waals surface area contributed by atoms with Gasteiger partial charge in [-0.1, -0.05) is 18.0 Å². The molecule has 0 heterocycles. The first-order chi connectivity index (χ1) is 7.90. The summed E-state index contributed by atoms with van der Waals surface area (Å²) in [5, 5.41) is 9.79. The van der Waals surface area contributed by atoms with Gasteiger partial charge in [0.15, 0.2) is 0 Å². The van der Waals surface area contributed by atoms with E-state index in [4.69, 9.17) is 11.6 Å². The zero-order valence-electron chi connectivity index (χ0n) is 9.81. The van der Waals surface area contributed by atoms with Crippen molar-refractivity contribution in [3.63, 3.8) is 0 Å². The SMILES string of the molecule is Cc1cc(Cl)c(C)c(C2(C(=O)O)CCC2)c1F. The number of carbonyl (C=O) groups is 1. The summed E-state index contributed by atoms with van der Waals surface area (Å²) in [5.74, 6) is -1.37. The van der Waals surface area contributed by atoms with Gasteiger partial charge in [0, 0.05) is 10.6 Å². The molecule has 0 bridgehead atoms. The van der Waals surface area contributed by atoms with Crippen LogP contribution in [0.2, 0.25) is 5.02 Å². The molecule has 17 heavy (non-hydrogen) atoms. The van der Waals surface area contributed by atoms with E-state index in [0.29, 0.717) is 29.0 Å². The highest BCUT2D eigenvalue weighted by Crippen LogP contribution is 2.47. The van der Waals surface area contributed by atoms with Gasteiger partial charge in [-0.2, -0.15) is 0 Å². The fourth-order valence-corrected chi connectivity index (χ4v) is 2.77. The minimum atomic E-state index is -1.07. The van der Waals surface area contributed by atoms with Crippen molar-refractivity contribution in [2.45, 2.75) is 38.5 Å². The van der Waals surface area contributed by atoms with E-state index in [1.54, 1.807) is 19.9 Å². The van der Waals surface area contributed by atoms with Crippen LogP contribution in [0.4, 0.5) is 4.39 Å². The average molecular weight is 257 g/mol. The summed E-state index contributed by atoms with van der Waals surface area (Å²) in [5.41, 5.74) is 0.172. The Kier molecular flexibility index (Phi) is 2.90. The number of hydrogen-bond acceptors (Lipinski definition) is 1. The zero-order chi connectivity index (χ0) is 12.8. The number of benzene rings is 1. The minimum Gasteiger partial charge on any atom is -0.481 e. The quantitative estimate of drug-likeness (QED) is 0.878. The van der Waals surface area contributed by atoms with E-state index in [2.05, 4.69) is 0 Å². The predicted molar refractivity (Wildman–Crippen MR) is 64.0 cm³/mol. The Balaban J connectivity index is 2.70. The zero-order valence-corrected chi connectivity index (χ0v) is 10.6. The Morgan fingerprint density at radius 2 is 2.06 bits per heavy atom. The van der Waals surface area contributed by atoms with Crippen LogP contribution in [-0.2, 0) is 10.2 Å². The van der Waals surface area contributed by atoms with Gasteiger partial charge >= 0.3 is 5.97 Å². The van der Waals surface area contributed by atoms with Crippen molar-refractivity contribution < 1.29 is 14.3 Å². The molecule has 2 rings (SSSR count). The van der Waals surface area contributed by atoms with Crippen molar-refractivity contribution in [1.82, 2.24) is 0 Å². The maximum Gasteiger partial charge on any atom is 0.314 e. The van der Waals surface area contributed by atoms with Gasteiger partial charge in [0.1, 0.15) is 5.82 Å². The Bertz CT molecular complexity index is 466. The van der Waals surface area contributed by atoms with E-state index in [9.17, 15) is 14.3 Å². The van der Waals surface area contributed by atoms with Crippen molar-refractivity contribution >= 4 is 17.6 Å². The summed E-state index contributed by atoms with van der Waals surface area (Å²) in [6.07, 6.45) is 1.79. The lowest BCUT2D eigenvalue weighted by Crippen LogP contribution is -2.43. The lowest BCUT2D eigenvalue weighted by atomic mass is 9.63. The molecular formula is C13H14ClFO2. The highest BCUT2D eigenvalue weighted by Gasteiger charge is 2.49. The number of rotatable bonds is 2. The van der Waals surface area contributed by atoms with Gasteiger partial charge in [-0.15, -0.1) is 0 Å². The van der Waals surface area contributed by atoms with Crippen LogP contribution in [0, 0.1) is 19.7 Å². The highest BCUT2D eigenvalue weighted by atomic mass is 35.5. The second-order valence-electron chi connectivity index (χ2n) is 4.73. The van der Waals surface area contributed by atoms with Crippen LogP contribution in [-0.4, -0.2) is 11.1 Å². The van der Waals surface area contributed by atoms with Crippen LogP contribution >= 0.6 is 11.6 Å². The topological polar surface area (TPSA) is 37.3 Å². The third-order valence-electron chi connectivity index (χ3n) is 3.74. The molecule has 1 aromatic carbocycles. The van der Waals surface area contributed by atoms with Crippen molar-refractivity contribution in [3.8, 4) is 0 Å². The molecule has 0 amide bonds. The average Bonchev–Trinajstić information content (AvgIpc) is 2.18. The molecule has 1 saturated carbocycles. The fraction of sp³-hybridized carbons (Fsp3) is 0.462. The lowest BCUT2D eigenvalue weighted by molar-refractivity contribution is -0.147. The Labute approximate surface area is 104 Å². The Morgan fingerprint density at radius 3 is 2.47 bits per heavy atom. The molecule has 0 saturated heterocycles. The first kappa shape index (κ1) is 12.4. The maximum atomic E-state index is 14.2. The van der Waals surface area contributed by atoms with Crippen LogP contribution < -0.4 is 0 Å². The van der Waals surface area contributed by atoms with Gasteiger partial charge in [-0.25, -0.2) is 4.39 Å². The van der Waals surface area contributed by atoms with Crippen molar-refractivity contribution in [3.05, 3.63) is 33.6 Å². The van der Waals surface area contributed by atoms with Crippen LogP contribution in [0.25, 0.3) is 0 Å². The number of halogens is 2. The predicted octanol–water partition coefficient (Wildman–Crippen LogP) is 3.60. The van der Waals surface area contributed by atoms with Crippen LogP contribution in [0.5, 0.6) is 0 Å². The van der Waals surface area contributed by atoms with E-state index < -0.39 is 17.2 Å². The molecule has 0 radical (unpaired) electrons. The summed E-state index contributed by atoms with van der Waals surface area (Å²) >= 11 is 6.02. The molecule has 0 aliphatic heterocycles. The van der Waals surface area contributed by atoms with E-state index in [0.717, 1.165) is 6.42 Å². The molecule has 1 aliphatic rings. The van der Waals surface area contributed by atoms with Gasteiger partial charge in [0.25, 0.3) is 0 Å². The van der Waals surface area contributed by atoms with E-state index in [1.807, 2.05) is 0 Å². The number of hydrogen-bond donors (Lipinski definition) is 1. The van der Waals surface area contributed by atoms with Crippen LogP contribution in [0.3, 0.4) is 0 Å². The van der Waals surface area contributed by atoms with Gasteiger partial charge in [-0.05, 0) is 43.9 Å². The molecule has 0 unspecified atom stereocenters. The van der Waals surface area contributed by atoms with E-state index in [-0.39, 0.29) is 5.56 Å². The first-order valence-electron chi connectivity index (χ1n) is 5.59. The maximum absolute atomic E-state index is 14.2. The van der Waals surface area contributed by atoms with Crippen LogP contribution in [0.15, 0.2) is 6.07 Å². The highest BCUT2D eigenvalue weighted by molar-refractivity contribution is 6.31. The first-order valence-corrected chi connectivity index (χ1v) is 5.97. The molecule has 2 nitrogen and oxygen atoms in total. The summed E-state index contributed by atoms with van der Waals surface area (Å²) in [6.45, 7) is 3.29. The van der Waals surface area contributed by atoms with E-state index in [1.165, 1.54) is 0 Å². The summed E-state index contributed by atoms with van der Waals surface area (Å²) in [6, 6.07) is 1.55. The Hall–Kier alpha value is -1.09. The second-order valence-corrected chi connectivity index (χ2v) is 5.14. The third kappa shape index (κ3) is 1.64. The molecule has 0 spiro atoms. The normalized spacial score (nSPS) is 17.6. The molecule has 1 fully saturated rings. The molecule has 1 aliphatic carbocycles. The summed E-state index contributed by atoms with van der Waals surface area (Å²) < 4.78 is 14.2. The third-order valence-corrected chi connectivity index (χ3v) is 4.13. The number of aliphatic carboxylic acids is 1. The fourth-order valence-electron chi connectivity index (χ4n) is 2.51. The minimum absolute atomic E-state index is 0.279. The summed E-state index contributed by atoms with van der Waals surface area (Å²) in [4.78, 5) is 11.4. The monoisotopic (exact) mass is 256 g/mol. The van der Waals surface area contributed by atoms with Crippen molar-refractivity contribution in [2.24, 2.45) is 0 Å². The molecule has 0 aromatic heterocycles. The van der Waals surface area contributed by atoms with Gasteiger partial charge in [-0.3, -0.25) is 4.79 Å². The molecule has 1 aromatic rings. The smallest absolute Gasteiger partial charge is 0.314 e. The molecule has 0 atom stereocenters. The van der Waals surface area contributed by atoms with Crippen molar-refractivity contribution in [1.29, 1.82) is 0 Å². The van der Waals surface area contributed by atoms with Crippen LogP contribution in [0.1, 0.15) is 36.0 Å². The second kappa shape index (κ2) is 3.98. The largest absolute Gasteiger partial charge is 0.481 e. The lowest BCUT2D eigenvalue weighted by Gasteiger charge is -2.39. The van der Waals surface area contributed by atoms with Gasteiger partial charge in [0.05, 0.1) is 5.41 Å². The molecular weight excluding hydrogens is 243 g/mol. The standard InChI is InChI=1S/C13H14ClFO2/c1-7-6-9(14)8(2)10(11(7)15)13(12(16)17)4-3-5-13/h6H,3-5H2,1-2H3,(H,16,17). The summed E-state index contributed by atoms with van der Waals surface area (Å²) in [7, 11) is 0. The molecule has 92 valence electrons. The molecule has 1 N–H and O–H groups in total. The Morgan fingerprint density at radius 1 is 1.47 bits per heavy atom.